The van der Waals surface area contributed by atoms with Crippen LogP contribution in [0.4, 0.5) is 5.69 Å². The number of carbonyl (C=O) groups excluding carboxylic acids is 2. The van der Waals surface area contributed by atoms with Crippen LogP contribution in [-0.4, -0.2) is 23.4 Å². The summed E-state index contributed by atoms with van der Waals surface area (Å²) in [5, 5.41) is 0.904. The van der Waals surface area contributed by atoms with Crippen molar-refractivity contribution in [2.75, 3.05) is 11.4 Å². The van der Waals surface area contributed by atoms with Gasteiger partial charge in [-0.15, -0.1) is 0 Å². The van der Waals surface area contributed by atoms with Crippen LogP contribution in [0.5, 0.6) is 5.75 Å². The molecule has 1 atom stereocenters. The molecule has 0 aliphatic carbocycles. The second-order valence-corrected chi connectivity index (χ2v) is 6.49. The van der Waals surface area contributed by atoms with E-state index in [9.17, 15) is 9.59 Å². The summed E-state index contributed by atoms with van der Waals surface area (Å²) in [7, 11) is 0. The predicted molar refractivity (Wildman–Crippen MR) is 99.0 cm³/mol. The molecule has 1 saturated heterocycles. The van der Waals surface area contributed by atoms with Crippen LogP contribution < -0.4 is 9.64 Å². The number of benzene rings is 2. The first-order chi connectivity index (χ1) is 12.6. The van der Waals surface area contributed by atoms with Crippen molar-refractivity contribution in [2.24, 2.45) is 5.92 Å². The lowest BCUT2D eigenvalue weighted by atomic mass is 10.1. The van der Waals surface area contributed by atoms with Crippen LogP contribution >= 0.6 is 0 Å². The number of aryl methyl sites for hydroxylation is 1. The number of pyridine rings is 1. The van der Waals surface area contributed by atoms with Crippen molar-refractivity contribution in [1.82, 2.24) is 4.98 Å². The maximum atomic E-state index is 12.6. The van der Waals surface area contributed by atoms with Gasteiger partial charge in [-0.1, -0.05) is 35.9 Å². The lowest BCUT2D eigenvalue weighted by Crippen LogP contribution is -2.27. The quantitative estimate of drug-likeness (QED) is 0.538. The fourth-order valence-corrected chi connectivity index (χ4v) is 3.19. The Morgan fingerprint density at radius 3 is 2.69 bits per heavy atom. The summed E-state index contributed by atoms with van der Waals surface area (Å²) < 4.78 is 5.58. The van der Waals surface area contributed by atoms with Gasteiger partial charge in [0, 0.05) is 30.2 Å². The number of anilines is 1. The van der Waals surface area contributed by atoms with Gasteiger partial charge >= 0.3 is 5.97 Å². The molecular weight excluding hydrogens is 328 g/mol. The van der Waals surface area contributed by atoms with E-state index >= 15 is 0 Å². The highest BCUT2D eigenvalue weighted by molar-refractivity contribution is 6.00. The van der Waals surface area contributed by atoms with Crippen molar-refractivity contribution in [3.8, 4) is 5.75 Å². The lowest BCUT2D eigenvalue weighted by Gasteiger charge is -2.16. The minimum absolute atomic E-state index is 0.0631. The number of carbonyl (C=O) groups is 2. The molecule has 5 nitrogen and oxygen atoms in total. The Labute approximate surface area is 151 Å². The number of aromatic nitrogens is 1. The standard InChI is InChI=1S/C21H18N2O3/c1-14-7-9-17(10-8-14)23-13-16(12-19(23)24)21(25)26-18-6-2-4-15-5-3-11-22-20(15)18/h2-11,16H,12-13H2,1H3/t16-/m1/s1. The number of nitrogens with zero attached hydrogens (tertiary/aromatic N) is 2. The molecule has 130 valence electrons. The maximum Gasteiger partial charge on any atom is 0.316 e. The summed E-state index contributed by atoms with van der Waals surface area (Å²) in [6.45, 7) is 2.33. The van der Waals surface area contributed by atoms with Crippen LogP contribution in [0.2, 0.25) is 0 Å². The molecule has 1 aliphatic rings. The van der Waals surface area contributed by atoms with Crippen LogP contribution in [0.3, 0.4) is 0 Å². The smallest absolute Gasteiger partial charge is 0.316 e. The summed E-state index contributed by atoms with van der Waals surface area (Å²) in [4.78, 5) is 30.9. The Bertz CT molecular complexity index is 977. The molecule has 3 aromatic rings. The normalized spacial score (nSPS) is 16.9. The van der Waals surface area contributed by atoms with Crippen molar-refractivity contribution in [2.45, 2.75) is 13.3 Å². The minimum Gasteiger partial charge on any atom is -0.424 e. The number of esters is 1. The number of para-hydroxylation sites is 1. The summed E-state index contributed by atoms with van der Waals surface area (Å²) in [5.41, 5.74) is 2.57. The van der Waals surface area contributed by atoms with Crippen molar-refractivity contribution in [1.29, 1.82) is 0 Å². The van der Waals surface area contributed by atoms with Gasteiger partial charge in [0.1, 0.15) is 5.52 Å². The summed E-state index contributed by atoms with van der Waals surface area (Å²) in [5.74, 6) is -0.518. The predicted octanol–water partition coefficient (Wildman–Crippen LogP) is 3.50. The second-order valence-electron chi connectivity index (χ2n) is 6.49. The second kappa shape index (κ2) is 6.59. The highest BCUT2D eigenvalue weighted by Crippen LogP contribution is 2.28. The molecule has 4 rings (SSSR count). The Morgan fingerprint density at radius 2 is 1.88 bits per heavy atom. The molecule has 1 aliphatic heterocycles. The first kappa shape index (κ1) is 16.3. The molecule has 0 saturated carbocycles. The van der Waals surface area contributed by atoms with Crippen LogP contribution in [0.15, 0.2) is 60.8 Å². The fourth-order valence-electron chi connectivity index (χ4n) is 3.19. The third kappa shape index (κ3) is 3.04. The van der Waals surface area contributed by atoms with Gasteiger partial charge in [0.2, 0.25) is 5.91 Å². The van der Waals surface area contributed by atoms with E-state index < -0.39 is 11.9 Å². The van der Waals surface area contributed by atoms with Gasteiger partial charge < -0.3 is 9.64 Å². The zero-order valence-corrected chi connectivity index (χ0v) is 14.4. The molecule has 2 aromatic carbocycles. The molecular formula is C21H18N2O3. The molecule has 5 heteroatoms. The number of hydrogen-bond acceptors (Lipinski definition) is 4. The van der Waals surface area contributed by atoms with Gasteiger partial charge in [0.05, 0.1) is 5.92 Å². The van der Waals surface area contributed by atoms with Crippen molar-refractivity contribution < 1.29 is 14.3 Å². The Balaban J connectivity index is 1.52. The Morgan fingerprint density at radius 1 is 1.12 bits per heavy atom. The summed E-state index contributed by atoms with van der Waals surface area (Å²) in [6.07, 6.45) is 1.82. The van der Waals surface area contributed by atoms with Crippen LogP contribution in [0, 0.1) is 12.8 Å². The van der Waals surface area contributed by atoms with E-state index in [1.807, 2.05) is 55.5 Å². The van der Waals surface area contributed by atoms with Crippen LogP contribution in [0.25, 0.3) is 10.9 Å². The lowest BCUT2D eigenvalue weighted by molar-refractivity contribution is -0.139. The fraction of sp³-hybridized carbons (Fsp3) is 0.190. The van der Waals surface area contributed by atoms with Gasteiger partial charge in [-0.05, 0) is 31.2 Å². The van der Waals surface area contributed by atoms with E-state index in [0.29, 0.717) is 17.8 Å². The molecule has 26 heavy (non-hydrogen) atoms. The molecule has 0 spiro atoms. The Hall–Kier alpha value is -3.21. The first-order valence-corrected chi connectivity index (χ1v) is 8.54. The van der Waals surface area contributed by atoms with E-state index in [0.717, 1.165) is 16.6 Å². The number of amides is 1. The van der Waals surface area contributed by atoms with Crippen LogP contribution in [-0.2, 0) is 9.59 Å². The molecule has 0 unspecified atom stereocenters. The van der Waals surface area contributed by atoms with E-state index in [4.69, 9.17) is 4.74 Å². The van der Waals surface area contributed by atoms with Gasteiger partial charge in [0.15, 0.2) is 5.75 Å². The van der Waals surface area contributed by atoms with Gasteiger partial charge in [-0.2, -0.15) is 0 Å². The van der Waals surface area contributed by atoms with E-state index in [1.165, 1.54) is 0 Å². The van der Waals surface area contributed by atoms with Gasteiger partial charge in [-0.3, -0.25) is 14.6 Å². The molecule has 0 N–H and O–H groups in total. The Kier molecular flexibility index (Phi) is 4.13. The molecule has 0 radical (unpaired) electrons. The van der Waals surface area contributed by atoms with E-state index in [1.54, 1.807) is 17.2 Å². The third-order valence-corrected chi connectivity index (χ3v) is 4.61. The topological polar surface area (TPSA) is 59.5 Å². The largest absolute Gasteiger partial charge is 0.424 e. The minimum atomic E-state index is -0.484. The third-order valence-electron chi connectivity index (χ3n) is 4.61. The van der Waals surface area contributed by atoms with Crippen molar-refractivity contribution >= 4 is 28.5 Å². The van der Waals surface area contributed by atoms with Gasteiger partial charge in [-0.25, -0.2) is 0 Å². The molecule has 1 aromatic heterocycles. The van der Waals surface area contributed by atoms with Gasteiger partial charge in [0.25, 0.3) is 0 Å². The summed E-state index contributed by atoms with van der Waals surface area (Å²) in [6, 6.07) is 16.9. The van der Waals surface area contributed by atoms with Crippen molar-refractivity contribution in [3.05, 3.63) is 66.4 Å². The number of hydrogen-bond donors (Lipinski definition) is 0. The average molecular weight is 346 g/mol. The number of fused-ring (bicyclic) bond motifs is 1. The summed E-state index contributed by atoms with van der Waals surface area (Å²) >= 11 is 0. The van der Waals surface area contributed by atoms with E-state index in [2.05, 4.69) is 4.98 Å². The van der Waals surface area contributed by atoms with Crippen molar-refractivity contribution in [3.63, 3.8) is 0 Å². The highest BCUT2D eigenvalue weighted by atomic mass is 16.5. The first-order valence-electron chi connectivity index (χ1n) is 8.54. The number of ether oxygens (including phenoxy) is 1. The average Bonchev–Trinajstić information content (AvgIpc) is 3.05. The zero-order chi connectivity index (χ0) is 18.1. The SMILES string of the molecule is Cc1ccc(N2C[C@H](C(=O)Oc3cccc4cccnc34)CC2=O)cc1. The highest BCUT2D eigenvalue weighted by Gasteiger charge is 2.36. The number of rotatable bonds is 3. The molecule has 2 heterocycles. The molecule has 1 fully saturated rings. The van der Waals surface area contributed by atoms with E-state index in [-0.39, 0.29) is 12.3 Å². The zero-order valence-electron chi connectivity index (χ0n) is 14.4. The molecule has 1 amide bonds. The molecule has 0 bridgehead atoms. The maximum absolute atomic E-state index is 12.6. The monoisotopic (exact) mass is 346 g/mol. The van der Waals surface area contributed by atoms with Crippen LogP contribution in [0.1, 0.15) is 12.0 Å².